The molecule has 0 amide bonds. The second-order valence-electron chi connectivity index (χ2n) is 5.80. The summed E-state index contributed by atoms with van der Waals surface area (Å²) < 4.78 is 2.09. The van der Waals surface area contributed by atoms with Gasteiger partial charge in [-0.25, -0.2) is 4.98 Å². The molecule has 19 heavy (non-hydrogen) atoms. The molecule has 5 heteroatoms. The molecule has 1 aromatic heterocycles. The zero-order valence-electron chi connectivity index (χ0n) is 11.3. The van der Waals surface area contributed by atoms with E-state index in [2.05, 4.69) is 14.5 Å². The van der Waals surface area contributed by atoms with Crippen LogP contribution < -0.4 is 0 Å². The molecule has 3 rings (SSSR count). The monoisotopic (exact) mass is 263 g/mol. The SMILES string of the molecule is Cc1nccn1CCN1CC2CCCC2C1C(=O)O. The number of hydrogen-bond acceptors (Lipinski definition) is 3. The predicted molar refractivity (Wildman–Crippen MR) is 70.8 cm³/mol. The van der Waals surface area contributed by atoms with Gasteiger partial charge in [0, 0.05) is 32.0 Å². The predicted octanol–water partition coefficient (Wildman–Crippen LogP) is 1.38. The standard InChI is InChI=1S/C14H21N3O2/c1-10-15-5-6-16(10)7-8-17-9-11-3-2-4-12(11)13(17)14(18)19/h5-6,11-13H,2-4,7-9H2,1H3,(H,18,19). The number of nitrogens with zero attached hydrogens (tertiary/aromatic N) is 3. The minimum Gasteiger partial charge on any atom is -0.480 e. The highest BCUT2D eigenvalue weighted by Gasteiger charge is 2.47. The first kappa shape index (κ1) is 12.7. The van der Waals surface area contributed by atoms with Crippen LogP contribution in [0.5, 0.6) is 0 Å². The first-order valence-electron chi connectivity index (χ1n) is 7.11. The van der Waals surface area contributed by atoms with Crippen molar-refractivity contribution in [2.75, 3.05) is 13.1 Å². The molecule has 0 bridgehead atoms. The number of aliphatic carboxylic acids is 1. The van der Waals surface area contributed by atoms with Crippen LogP contribution in [0.1, 0.15) is 25.1 Å². The number of rotatable bonds is 4. The summed E-state index contributed by atoms with van der Waals surface area (Å²) in [4.78, 5) is 17.9. The van der Waals surface area contributed by atoms with E-state index < -0.39 is 5.97 Å². The van der Waals surface area contributed by atoms with E-state index in [0.29, 0.717) is 11.8 Å². The summed E-state index contributed by atoms with van der Waals surface area (Å²) in [6.07, 6.45) is 7.25. The van der Waals surface area contributed by atoms with Crippen molar-refractivity contribution in [3.63, 3.8) is 0 Å². The van der Waals surface area contributed by atoms with Crippen LogP contribution in [-0.2, 0) is 11.3 Å². The molecular weight excluding hydrogens is 242 g/mol. The highest BCUT2D eigenvalue weighted by molar-refractivity contribution is 5.74. The molecule has 2 heterocycles. The van der Waals surface area contributed by atoms with Gasteiger partial charge >= 0.3 is 5.97 Å². The third kappa shape index (κ3) is 2.27. The average Bonchev–Trinajstić information content (AvgIpc) is 3.00. The van der Waals surface area contributed by atoms with Crippen LogP contribution in [-0.4, -0.2) is 44.7 Å². The molecule has 3 unspecified atom stereocenters. The number of carbonyl (C=O) groups is 1. The highest BCUT2D eigenvalue weighted by Crippen LogP contribution is 2.42. The molecule has 1 saturated carbocycles. The van der Waals surface area contributed by atoms with Gasteiger partial charge in [0.1, 0.15) is 11.9 Å². The normalized spacial score (nSPS) is 30.7. The molecule has 3 atom stereocenters. The summed E-state index contributed by atoms with van der Waals surface area (Å²) in [5.41, 5.74) is 0. The van der Waals surface area contributed by atoms with Crippen LogP contribution >= 0.6 is 0 Å². The van der Waals surface area contributed by atoms with Crippen LogP contribution in [0, 0.1) is 18.8 Å². The van der Waals surface area contributed by atoms with E-state index in [4.69, 9.17) is 0 Å². The van der Waals surface area contributed by atoms with Gasteiger partial charge in [-0.1, -0.05) is 6.42 Å². The van der Waals surface area contributed by atoms with Gasteiger partial charge < -0.3 is 9.67 Å². The van der Waals surface area contributed by atoms with Gasteiger partial charge in [0.25, 0.3) is 0 Å². The summed E-state index contributed by atoms with van der Waals surface area (Å²) in [5, 5.41) is 9.48. The van der Waals surface area contributed by atoms with Gasteiger partial charge in [-0.3, -0.25) is 9.69 Å². The van der Waals surface area contributed by atoms with Crippen molar-refractivity contribution >= 4 is 5.97 Å². The van der Waals surface area contributed by atoms with E-state index in [9.17, 15) is 9.90 Å². The number of carboxylic acid groups (broad SMARTS) is 1. The zero-order valence-corrected chi connectivity index (χ0v) is 11.3. The Hall–Kier alpha value is -1.36. The smallest absolute Gasteiger partial charge is 0.321 e. The van der Waals surface area contributed by atoms with Gasteiger partial charge in [0.2, 0.25) is 0 Å². The Labute approximate surface area is 113 Å². The van der Waals surface area contributed by atoms with Gasteiger partial charge in [0.15, 0.2) is 0 Å². The topological polar surface area (TPSA) is 58.4 Å². The molecule has 0 radical (unpaired) electrons. The third-order valence-electron chi connectivity index (χ3n) is 4.79. The van der Waals surface area contributed by atoms with Crippen molar-refractivity contribution in [1.29, 1.82) is 0 Å². The molecular formula is C14H21N3O2. The van der Waals surface area contributed by atoms with Crippen LogP contribution in [0.15, 0.2) is 12.4 Å². The molecule has 0 spiro atoms. The number of fused-ring (bicyclic) bond motifs is 1. The maximum Gasteiger partial charge on any atom is 0.321 e. The Bertz CT molecular complexity index is 471. The van der Waals surface area contributed by atoms with Gasteiger partial charge in [-0.05, 0) is 31.6 Å². The fourth-order valence-electron chi connectivity index (χ4n) is 3.84. The number of likely N-dealkylation sites (tertiary alicyclic amines) is 1. The second kappa shape index (κ2) is 4.96. The maximum absolute atomic E-state index is 11.5. The van der Waals surface area contributed by atoms with Crippen molar-refractivity contribution in [2.24, 2.45) is 11.8 Å². The lowest BCUT2D eigenvalue weighted by molar-refractivity contribution is -0.143. The first-order chi connectivity index (χ1) is 9.16. The van der Waals surface area contributed by atoms with Crippen molar-refractivity contribution < 1.29 is 9.90 Å². The van der Waals surface area contributed by atoms with Crippen LogP contribution in [0.3, 0.4) is 0 Å². The number of hydrogen-bond donors (Lipinski definition) is 1. The Morgan fingerprint density at radius 1 is 1.47 bits per heavy atom. The zero-order chi connectivity index (χ0) is 13.4. The molecule has 2 fully saturated rings. The van der Waals surface area contributed by atoms with Crippen LogP contribution in [0.25, 0.3) is 0 Å². The van der Waals surface area contributed by atoms with E-state index in [1.54, 1.807) is 6.20 Å². The summed E-state index contributed by atoms with van der Waals surface area (Å²) in [7, 11) is 0. The van der Waals surface area contributed by atoms with E-state index >= 15 is 0 Å². The van der Waals surface area contributed by atoms with Crippen LogP contribution in [0.4, 0.5) is 0 Å². The van der Waals surface area contributed by atoms with Crippen molar-refractivity contribution in [2.45, 2.75) is 38.8 Å². The lowest BCUT2D eigenvalue weighted by Crippen LogP contribution is -2.41. The van der Waals surface area contributed by atoms with Gasteiger partial charge in [-0.15, -0.1) is 0 Å². The third-order valence-corrected chi connectivity index (χ3v) is 4.79. The Balaban J connectivity index is 1.67. The first-order valence-corrected chi connectivity index (χ1v) is 7.11. The fourth-order valence-corrected chi connectivity index (χ4v) is 3.84. The molecule has 1 aliphatic carbocycles. The Morgan fingerprint density at radius 2 is 2.32 bits per heavy atom. The number of aromatic nitrogens is 2. The molecule has 104 valence electrons. The van der Waals surface area contributed by atoms with E-state index in [-0.39, 0.29) is 6.04 Å². The maximum atomic E-state index is 11.5. The van der Waals surface area contributed by atoms with Crippen molar-refractivity contribution in [3.05, 3.63) is 18.2 Å². The van der Waals surface area contributed by atoms with E-state index in [1.165, 1.54) is 12.8 Å². The lowest BCUT2D eigenvalue weighted by Gasteiger charge is -2.24. The second-order valence-corrected chi connectivity index (χ2v) is 5.80. The van der Waals surface area contributed by atoms with E-state index in [0.717, 1.165) is 31.9 Å². The molecule has 5 nitrogen and oxygen atoms in total. The summed E-state index contributed by atoms with van der Waals surface area (Å²) in [5.74, 6) is 1.33. The summed E-state index contributed by atoms with van der Waals surface area (Å²) in [6.45, 7) is 4.57. The van der Waals surface area contributed by atoms with Gasteiger partial charge in [0.05, 0.1) is 0 Å². The molecule has 1 aliphatic heterocycles. The lowest BCUT2D eigenvalue weighted by atomic mass is 9.94. The molecule has 1 saturated heterocycles. The largest absolute Gasteiger partial charge is 0.480 e. The Kier molecular flexibility index (Phi) is 3.31. The summed E-state index contributed by atoms with van der Waals surface area (Å²) >= 11 is 0. The minimum absolute atomic E-state index is 0.267. The van der Waals surface area contributed by atoms with Crippen molar-refractivity contribution in [3.8, 4) is 0 Å². The summed E-state index contributed by atoms with van der Waals surface area (Å²) in [6, 6.07) is -0.267. The molecule has 1 aromatic rings. The minimum atomic E-state index is -0.642. The Morgan fingerprint density at radius 3 is 3.00 bits per heavy atom. The molecule has 2 aliphatic rings. The highest BCUT2D eigenvalue weighted by atomic mass is 16.4. The van der Waals surface area contributed by atoms with Crippen LogP contribution in [0.2, 0.25) is 0 Å². The molecule has 0 aromatic carbocycles. The molecule has 1 N–H and O–H groups in total. The van der Waals surface area contributed by atoms with E-state index in [1.807, 2.05) is 13.1 Å². The number of carboxylic acids is 1. The number of imidazole rings is 1. The fraction of sp³-hybridized carbons (Fsp3) is 0.714. The average molecular weight is 263 g/mol. The van der Waals surface area contributed by atoms with Gasteiger partial charge in [-0.2, -0.15) is 0 Å². The number of aryl methyl sites for hydroxylation is 1. The quantitative estimate of drug-likeness (QED) is 0.891. The van der Waals surface area contributed by atoms with Crippen molar-refractivity contribution in [1.82, 2.24) is 14.5 Å².